The van der Waals surface area contributed by atoms with Crippen molar-refractivity contribution < 1.29 is 9.18 Å². The van der Waals surface area contributed by atoms with Crippen molar-refractivity contribution in [3.05, 3.63) is 59.1 Å². The van der Waals surface area contributed by atoms with Gasteiger partial charge >= 0.3 is 0 Å². The average molecular weight is 308 g/mol. The highest BCUT2D eigenvalue weighted by atomic mass is 35.5. The van der Waals surface area contributed by atoms with E-state index >= 15 is 0 Å². The van der Waals surface area contributed by atoms with Crippen molar-refractivity contribution in [2.75, 3.05) is 19.4 Å². The zero-order chi connectivity index (χ0) is 15.4. The molecule has 1 amide bonds. The summed E-state index contributed by atoms with van der Waals surface area (Å²) in [4.78, 5) is 18.2. The number of benzene rings is 1. The third kappa shape index (κ3) is 3.77. The molecule has 0 fully saturated rings. The van der Waals surface area contributed by atoms with Crippen molar-refractivity contribution in [3.63, 3.8) is 0 Å². The highest BCUT2D eigenvalue weighted by molar-refractivity contribution is 6.31. The number of nitrogens with zero attached hydrogens (tertiary/aromatic N) is 2. The predicted molar refractivity (Wildman–Crippen MR) is 80.7 cm³/mol. The Balaban J connectivity index is 2.21. The molecule has 0 aliphatic heterocycles. The van der Waals surface area contributed by atoms with Gasteiger partial charge < -0.3 is 5.32 Å². The minimum Gasteiger partial charge on any atom is -0.324 e. The lowest BCUT2D eigenvalue weighted by atomic mass is 10.1. The summed E-state index contributed by atoms with van der Waals surface area (Å²) in [5.74, 6) is -0.762. The fourth-order valence-corrected chi connectivity index (χ4v) is 2.19. The molecule has 1 heterocycles. The number of rotatable bonds is 4. The molecule has 2 aromatic rings. The molecular weight excluding hydrogens is 293 g/mol. The Morgan fingerprint density at radius 3 is 2.71 bits per heavy atom. The monoisotopic (exact) mass is 307 g/mol. The Hall–Kier alpha value is -1.98. The van der Waals surface area contributed by atoms with Crippen LogP contribution in [0.15, 0.2) is 42.7 Å². The van der Waals surface area contributed by atoms with E-state index in [0.29, 0.717) is 5.69 Å². The molecule has 1 atom stereocenters. The molecule has 1 N–H and O–H groups in total. The number of hydrogen-bond acceptors (Lipinski definition) is 3. The van der Waals surface area contributed by atoms with Gasteiger partial charge in [-0.05, 0) is 43.9 Å². The highest BCUT2D eigenvalue weighted by Gasteiger charge is 2.23. The summed E-state index contributed by atoms with van der Waals surface area (Å²) in [6.07, 6.45) is 3.29. The van der Waals surface area contributed by atoms with Crippen LogP contribution in [0.4, 0.5) is 10.1 Å². The van der Waals surface area contributed by atoms with Gasteiger partial charge in [0.05, 0.1) is 5.02 Å². The van der Waals surface area contributed by atoms with E-state index in [-0.39, 0.29) is 10.9 Å². The molecule has 1 aromatic carbocycles. The standard InChI is InChI=1S/C15H15ClFN3O/c1-20(2)14(10-4-3-7-18-9-10)15(21)19-11-5-6-13(17)12(16)8-11/h3-9,14H,1-2H3,(H,19,21). The van der Waals surface area contributed by atoms with Crippen LogP contribution in [0.5, 0.6) is 0 Å². The Labute approximate surface area is 127 Å². The molecule has 0 spiro atoms. The molecule has 110 valence electrons. The first-order valence-electron chi connectivity index (χ1n) is 6.31. The van der Waals surface area contributed by atoms with Gasteiger partial charge in [0.15, 0.2) is 0 Å². The molecule has 2 rings (SSSR count). The molecule has 4 nitrogen and oxygen atoms in total. The van der Waals surface area contributed by atoms with E-state index in [4.69, 9.17) is 11.6 Å². The summed E-state index contributed by atoms with van der Waals surface area (Å²) in [6, 6.07) is 7.16. The zero-order valence-electron chi connectivity index (χ0n) is 11.7. The summed E-state index contributed by atoms with van der Waals surface area (Å²) in [5.41, 5.74) is 1.22. The van der Waals surface area contributed by atoms with Crippen molar-refractivity contribution in [2.24, 2.45) is 0 Å². The second-order valence-corrected chi connectivity index (χ2v) is 5.18. The predicted octanol–water partition coefficient (Wildman–Crippen LogP) is 3.12. The second-order valence-electron chi connectivity index (χ2n) is 4.77. The number of halogens is 2. The van der Waals surface area contributed by atoms with Gasteiger partial charge in [0.2, 0.25) is 5.91 Å². The van der Waals surface area contributed by atoms with E-state index < -0.39 is 11.9 Å². The SMILES string of the molecule is CN(C)C(C(=O)Nc1ccc(F)c(Cl)c1)c1cccnc1. The van der Waals surface area contributed by atoms with Crippen LogP contribution in [0.2, 0.25) is 5.02 Å². The lowest BCUT2D eigenvalue weighted by Gasteiger charge is -2.23. The quantitative estimate of drug-likeness (QED) is 0.944. The Morgan fingerprint density at radius 2 is 2.14 bits per heavy atom. The van der Waals surface area contributed by atoms with Crippen LogP contribution in [0.3, 0.4) is 0 Å². The molecule has 0 radical (unpaired) electrons. The normalized spacial score (nSPS) is 12.2. The second kappa shape index (κ2) is 6.65. The molecule has 0 saturated heterocycles. The summed E-state index contributed by atoms with van der Waals surface area (Å²) in [6.45, 7) is 0. The number of nitrogens with one attached hydrogen (secondary N) is 1. The van der Waals surface area contributed by atoms with Gasteiger partial charge in [-0.3, -0.25) is 14.7 Å². The first-order chi connectivity index (χ1) is 9.99. The molecule has 21 heavy (non-hydrogen) atoms. The number of anilines is 1. The van der Waals surface area contributed by atoms with Crippen molar-refractivity contribution >= 4 is 23.2 Å². The van der Waals surface area contributed by atoms with Crippen LogP contribution < -0.4 is 5.32 Å². The van der Waals surface area contributed by atoms with Crippen molar-refractivity contribution in [2.45, 2.75) is 6.04 Å². The number of hydrogen-bond donors (Lipinski definition) is 1. The molecule has 0 aliphatic carbocycles. The molecule has 6 heteroatoms. The fourth-order valence-electron chi connectivity index (χ4n) is 2.01. The summed E-state index contributed by atoms with van der Waals surface area (Å²) in [5, 5.41) is 2.70. The van der Waals surface area contributed by atoms with Gasteiger partial charge in [-0.15, -0.1) is 0 Å². The topological polar surface area (TPSA) is 45.2 Å². The number of aromatic nitrogens is 1. The number of carbonyl (C=O) groups is 1. The number of likely N-dealkylation sites (N-methyl/N-ethyl adjacent to an activating group) is 1. The van der Waals surface area contributed by atoms with Crippen LogP contribution in [-0.4, -0.2) is 29.9 Å². The van der Waals surface area contributed by atoms with Crippen LogP contribution in [0.1, 0.15) is 11.6 Å². The third-order valence-electron chi connectivity index (χ3n) is 2.95. The fraction of sp³-hybridized carbons (Fsp3) is 0.200. The van der Waals surface area contributed by atoms with Gasteiger partial charge in [0, 0.05) is 18.1 Å². The van der Waals surface area contributed by atoms with E-state index in [9.17, 15) is 9.18 Å². The van der Waals surface area contributed by atoms with E-state index in [1.165, 1.54) is 18.2 Å². The maximum atomic E-state index is 13.1. The van der Waals surface area contributed by atoms with Crippen LogP contribution in [0, 0.1) is 5.82 Å². The Bertz CT molecular complexity index is 634. The minimum absolute atomic E-state index is 0.0319. The Morgan fingerprint density at radius 1 is 1.38 bits per heavy atom. The summed E-state index contributed by atoms with van der Waals surface area (Å²) < 4.78 is 13.1. The number of amides is 1. The van der Waals surface area contributed by atoms with E-state index in [2.05, 4.69) is 10.3 Å². The lowest BCUT2D eigenvalue weighted by Crippen LogP contribution is -2.32. The summed E-state index contributed by atoms with van der Waals surface area (Å²) >= 11 is 5.71. The largest absolute Gasteiger partial charge is 0.324 e. The third-order valence-corrected chi connectivity index (χ3v) is 3.24. The Kier molecular flexibility index (Phi) is 4.88. The van der Waals surface area contributed by atoms with E-state index in [1.54, 1.807) is 37.5 Å². The maximum absolute atomic E-state index is 13.1. The summed E-state index contributed by atoms with van der Waals surface area (Å²) in [7, 11) is 3.60. The van der Waals surface area contributed by atoms with Crippen LogP contribution in [-0.2, 0) is 4.79 Å². The van der Waals surface area contributed by atoms with E-state index in [1.807, 2.05) is 6.07 Å². The molecule has 0 aliphatic rings. The molecule has 1 aromatic heterocycles. The van der Waals surface area contributed by atoms with Crippen LogP contribution >= 0.6 is 11.6 Å². The van der Waals surface area contributed by atoms with Gasteiger partial charge in [0.25, 0.3) is 0 Å². The minimum atomic E-state index is -0.522. The zero-order valence-corrected chi connectivity index (χ0v) is 12.4. The van der Waals surface area contributed by atoms with Crippen molar-refractivity contribution in [1.29, 1.82) is 0 Å². The number of pyridine rings is 1. The van der Waals surface area contributed by atoms with E-state index in [0.717, 1.165) is 5.56 Å². The highest BCUT2D eigenvalue weighted by Crippen LogP contribution is 2.23. The first-order valence-corrected chi connectivity index (χ1v) is 6.69. The van der Waals surface area contributed by atoms with Gasteiger partial charge in [-0.1, -0.05) is 17.7 Å². The average Bonchev–Trinajstić information content (AvgIpc) is 2.44. The molecule has 0 bridgehead atoms. The smallest absolute Gasteiger partial charge is 0.246 e. The molecule has 0 saturated carbocycles. The maximum Gasteiger partial charge on any atom is 0.246 e. The van der Waals surface area contributed by atoms with Gasteiger partial charge in [0.1, 0.15) is 11.9 Å². The van der Waals surface area contributed by atoms with Crippen molar-refractivity contribution in [1.82, 2.24) is 9.88 Å². The molecular formula is C15H15ClFN3O. The first kappa shape index (κ1) is 15.4. The number of carbonyl (C=O) groups excluding carboxylic acids is 1. The lowest BCUT2D eigenvalue weighted by molar-refractivity contribution is -0.120. The van der Waals surface area contributed by atoms with Crippen molar-refractivity contribution in [3.8, 4) is 0 Å². The van der Waals surface area contributed by atoms with Gasteiger partial charge in [-0.25, -0.2) is 4.39 Å². The molecule has 1 unspecified atom stereocenters. The van der Waals surface area contributed by atoms with Crippen LogP contribution in [0.25, 0.3) is 0 Å². The van der Waals surface area contributed by atoms with Gasteiger partial charge in [-0.2, -0.15) is 0 Å².